The van der Waals surface area contributed by atoms with Crippen molar-refractivity contribution in [2.75, 3.05) is 19.7 Å². The van der Waals surface area contributed by atoms with Crippen molar-refractivity contribution < 1.29 is 13.9 Å². The predicted octanol–water partition coefficient (Wildman–Crippen LogP) is 1.25. The number of aliphatic hydroxyl groups is 1. The quantitative estimate of drug-likeness (QED) is 0.646. The Morgan fingerprint density at radius 2 is 2.08 bits per heavy atom. The number of alkyl halides is 2. The molecule has 0 rings (SSSR count). The summed E-state index contributed by atoms with van der Waals surface area (Å²) in [7, 11) is 0. The van der Waals surface area contributed by atoms with Gasteiger partial charge in [-0.25, -0.2) is 8.78 Å². The first kappa shape index (κ1) is 11.8. The molecule has 0 aliphatic heterocycles. The number of aliphatic hydroxyl groups excluding tert-OH is 1. The van der Waals surface area contributed by atoms with Crippen LogP contribution in [-0.2, 0) is 0 Å². The first-order valence-electron chi connectivity index (χ1n) is 4.14. The number of hydrogen-bond acceptors (Lipinski definition) is 2. The maximum absolute atomic E-state index is 11.7. The van der Waals surface area contributed by atoms with Crippen LogP contribution in [0.5, 0.6) is 0 Å². The summed E-state index contributed by atoms with van der Waals surface area (Å²) >= 11 is 0. The topological polar surface area (TPSA) is 32.3 Å². The molecule has 0 aromatic carbocycles. The van der Waals surface area contributed by atoms with Gasteiger partial charge >= 0.3 is 0 Å². The van der Waals surface area contributed by atoms with Gasteiger partial charge in [0.05, 0.1) is 6.54 Å². The van der Waals surface area contributed by atoms with Gasteiger partial charge in [-0.05, 0) is 6.42 Å². The zero-order chi connectivity index (χ0) is 9.61. The van der Waals surface area contributed by atoms with Crippen LogP contribution in [0.1, 0.15) is 20.3 Å². The lowest BCUT2D eigenvalue weighted by Gasteiger charge is -2.25. The molecule has 4 heteroatoms. The summed E-state index contributed by atoms with van der Waals surface area (Å²) in [5, 5.41) is 11.5. The molecule has 2 nitrogen and oxygen atoms in total. The molecule has 0 saturated carbocycles. The van der Waals surface area contributed by atoms with E-state index in [9.17, 15) is 8.78 Å². The second-order valence-corrected chi connectivity index (χ2v) is 3.34. The Labute approximate surface area is 72.0 Å². The smallest absolute Gasteiger partial charge is 0.250 e. The van der Waals surface area contributed by atoms with Crippen LogP contribution in [0.4, 0.5) is 8.78 Å². The van der Waals surface area contributed by atoms with Crippen LogP contribution in [0.3, 0.4) is 0 Å². The van der Waals surface area contributed by atoms with Gasteiger partial charge in [-0.15, -0.1) is 0 Å². The van der Waals surface area contributed by atoms with Crippen molar-refractivity contribution in [2.45, 2.75) is 26.7 Å². The van der Waals surface area contributed by atoms with Crippen molar-refractivity contribution in [3.8, 4) is 0 Å². The van der Waals surface area contributed by atoms with Crippen LogP contribution >= 0.6 is 0 Å². The van der Waals surface area contributed by atoms with Gasteiger partial charge < -0.3 is 10.4 Å². The minimum absolute atomic E-state index is 0.0275. The van der Waals surface area contributed by atoms with Crippen molar-refractivity contribution >= 4 is 0 Å². The van der Waals surface area contributed by atoms with E-state index in [-0.39, 0.29) is 18.6 Å². The molecule has 0 aromatic heterocycles. The van der Waals surface area contributed by atoms with Crippen LogP contribution in [0.25, 0.3) is 0 Å². The number of halogens is 2. The fourth-order valence-corrected chi connectivity index (χ4v) is 0.776. The van der Waals surface area contributed by atoms with Gasteiger partial charge in [-0.2, -0.15) is 0 Å². The average molecular weight is 181 g/mol. The van der Waals surface area contributed by atoms with Crippen LogP contribution in [0, 0.1) is 5.41 Å². The van der Waals surface area contributed by atoms with Gasteiger partial charge in [-0.1, -0.05) is 13.8 Å². The Morgan fingerprint density at radius 3 is 2.42 bits per heavy atom. The van der Waals surface area contributed by atoms with Gasteiger partial charge in [0.1, 0.15) is 0 Å². The van der Waals surface area contributed by atoms with Gasteiger partial charge in [0.15, 0.2) is 0 Å². The third-order valence-electron chi connectivity index (χ3n) is 2.09. The molecular formula is C8H17F2NO. The van der Waals surface area contributed by atoms with Gasteiger partial charge in [0.2, 0.25) is 0 Å². The number of hydrogen-bond donors (Lipinski definition) is 2. The fourth-order valence-electron chi connectivity index (χ4n) is 0.776. The molecule has 1 unspecified atom stereocenters. The van der Waals surface area contributed by atoms with E-state index in [0.29, 0.717) is 6.54 Å². The highest BCUT2D eigenvalue weighted by Crippen LogP contribution is 2.18. The van der Waals surface area contributed by atoms with Gasteiger partial charge in [-0.3, -0.25) is 0 Å². The Bertz CT molecular complexity index is 116. The van der Waals surface area contributed by atoms with Crippen molar-refractivity contribution in [1.82, 2.24) is 5.32 Å². The normalized spacial score (nSPS) is 16.5. The van der Waals surface area contributed by atoms with Gasteiger partial charge in [0.25, 0.3) is 6.43 Å². The van der Waals surface area contributed by atoms with Crippen molar-refractivity contribution in [2.24, 2.45) is 5.41 Å². The summed E-state index contributed by atoms with van der Waals surface area (Å²) in [5.41, 5.74) is -0.269. The van der Waals surface area contributed by atoms with E-state index >= 15 is 0 Å². The SMILES string of the molecule is CCC(C)(CO)CNCC(F)F. The highest BCUT2D eigenvalue weighted by atomic mass is 19.3. The van der Waals surface area contributed by atoms with E-state index in [2.05, 4.69) is 5.32 Å². The summed E-state index contributed by atoms with van der Waals surface area (Å²) in [6.45, 7) is 3.96. The second kappa shape index (κ2) is 5.43. The molecule has 0 aromatic rings. The van der Waals surface area contributed by atoms with Crippen molar-refractivity contribution in [3.05, 3.63) is 0 Å². The molecule has 1 atom stereocenters. The fraction of sp³-hybridized carbons (Fsp3) is 1.00. The Balaban J connectivity index is 3.58. The van der Waals surface area contributed by atoms with E-state index in [1.165, 1.54) is 0 Å². The third-order valence-corrected chi connectivity index (χ3v) is 2.09. The van der Waals surface area contributed by atoms with Crippen molar-refractivity contribution in [1.29, 1.82) is 0 Å². The highest BCUT2D eigenvalue weighted by Gasteiger charge is 2.20. The molecule has 0 bridgehead atoms. The first-order valence-corrected chi connectivity index (χ1v) is 4.14. The molecule has 0 aliphatic carbocycles. The van der Waals surface area contributed by atoms with E-state index in [4.69, 9.17) is 5.11 Å². The minimum atomic E-state index is -2.32. The first-order chi connectivity index (χ1) is 5.54. The lowest BCUT2D eigenvalue weighted by atomic mass is 9.89. The largest absolute Gasteiger partial charge is 0.396 e. The summed E-state index contributed by atoms with van der Waals surface area (Å²) in [5.74, 6) is 0. The molecule has 0 spiro atoms. The summed E-state index contributed by atoms with van der Waals surface area (Å²) in [6.07, 6.45) is -1.54. The molecular weight excluding hydrogens is 164 g/mol. The summed E-state index contributed by atoms with van der Waals surface area (Å²) in [4.78, 5) is 0. The highest BCUT2D eigenvalue weighted by molar-refractivity contribution is 4.74. The predicted molar refractivity (Wildman–Crippen MR) is 44.4 cm³/mol. The van der Waals surface area contributed by atoms with Crippen LogP contribution < -0.4 is 5.32 Å². The Morgan fingerprint density at radius 1 is 1.50 bits per heavy atom. The van der Waals surface area contributed by atoms with Crippen LogP contribution in [0.15, 0.2) is 0 Å². The van der Waals surface area contributed by atoms with Gasteiger partial charge in [0, 0.05) is 18.6 Å². The monoisotopic (exact) mass is 181 g/mol. The van der Waals surface area contributed by atoms with E-state index in [1.807, 2.05) is 13.8 Å². The van der Waals surface area contributed by atoms with E-state index < -0.39 is 6.43 Å². The standard InChI is InChI=1S/C8H17F2NO/c1-3-8(2,6-12)5-11-4-7(9)10/h7,11-12H,3-6H2,1-2H3. The molecule has 0 aliphatic rings. The molecule has 12 heavy (non-hydrogen) atoms. The molecule has 0 amide bonds. The summed E-state index contributed by atoms with van der Waals surface area (Å²) in [6, 6.07) is 0. The maximum Gasteiger partial charge on any atom is 0.250 e. The molecule has 0 heterocycles. The van der Waals surface area contributed by atoms with E-state index in [0.717, 1.165) is 6.42 Å². The molecule has 74 valence electrons. The number of nitrogens with one attached hydrogen (secondary N) is 1. The number of rotatable bonds is 6. The Hall–Kier alpha value is -0.220. The zero-order valence-electron chi connectivity index (χ0n) is 7.61. The molecule has 0 fully saturated rings. The molecule has 2 N–H and O–H groups in total. The maximum atomic E-state index is 11.7. The molecule has 0 radical (unpaired) electrons. The van der Waals surface area contributed by atoms with E-state index in [1.54, 1.807) is 0 Å². The lowest BCUT2D eigenvalue weighted by molar-refractivity contribution is 0.113. The van der Waals surface area contributed by atoms with Crippen LogP contribution in [-0.4, -0.2) is 31.2 Å². The Kier molecular flexibility index (Phi) is 5.33. The zero-order valence-corrected chi connectivity index (χ0v) is 7.61. The second-order valence-electron chi connectivity index (χ2n) is 3.34. The average Bonchev–Trinajstić information content (AvgIpc) is 2.03. The third kappa shape index (κ3) is 4.62. The van der Waals surface area contributed by atoms with Crippen molar-refractivity contribution in [3.63, 3.8) is 0 Å². The van der Waals surface area contributed by atoms with Crippen LogP contribution in [0.2, 0.25) is 0 Å². The summed E-state index contributed by atoms with van der Waals surface area (Å²) < 4.78 is 23.4. The lowest BCUT2D eigenvalue weighted by Crippen LogP contribution is -2.36. The molecule has 0 saturated heterocycles. The minimum Gasteiger partial charge on any atom is -0.396 e.